The average Bonchev–Trinajstić information content (AvgIpc) is 3.08. The second kappa shape index (κ2) is 6.49. The Morgan fingerprint density at radius 3 is 2.15 bits per heavy atom. The topological polar surface area (TPSA) is 13.1 Å². The van der Waals surface area contributed by atoms with Crippen LogP contribution in [0.15, 0.2) is 101 Å². The maximum atomic E-state index is 6.29. The van der Waals surface area contributed by atoms with Crippen LogP contribution in [0.25, 0.3) is 33.1 Å². The quantitative estimate of drug-likeness (QED) is 0.393. The van der Waals surface area contributed by atoms with Crippen LogP contribution in [0, 0.1) is 0 Å². The molecule has 1 aromatic heterocycles. The summed E-state index contributed by atoms with van der Waals surface area (Å²) in [5.74, 6) is 1.000. The molecule has 5 aromatic rings. The number of benzene rings is 4. The molecule has 0 N–H and O–H groups in total. The molecule has 0 bridgehead atoms. The Hall–Kier alpha value is -2.80. The van der Waals surface area contributed by atoms with Crippen molar-refractivity contribution in [2.75, 3.05) is 0 Å². The molecule has 0 saturated heterocycles. The molecule has 0 aliphatic carbocycles. The van der Waals surface area contributed by atoms with E-state index in [0.29, 0.717) is 0 Å². The van der Waals surface area contributed by atoms with Crippen molar-refractivity contribution in [3.05, 3.63) is 97.1 Å². The zero-order valence-corrected chi connectivity index (χ0v) is 15.8. The van der Waals surface area contributed by atoms with Crippen LogP contribution < -0.4 is 8.92 Å². The molecule has 0 saturated carbocycles. The van der Waals surface area contributed by atoms with E-state index in [0.717, 1.165) is 16.9 Å². The molecule has 0 aliphatic heterocycles. The molecule has 1 nitrogen and oxygen atoms in total. The van der Waals surface area contributed by atoms with Gasteiger partial charge in [0.1, 0.15) is 0 Å². The van der Waals surface area contributed by atoms with Gasteiger partial charge in [-0.1, -0.05) is 0 Å². The van der Waals surface area contributed by atoms with Crippen LogP contribution in [0.1, 0.15) is 0 Å². The fourth-order valence-corrected chi connectivity index (χ4v) is 5.80. The molecule has 0 unspecified atom stereocenters. The Balaban J connectivity index is 1.73. The minimum atomic E-state index is 0.151. The predicted molar refractivity (Wildman–Crippen MR) is 111 cm³/mol. The summed E-state index contributed by atoms with van der Waals surface area (Å²) in [6, 6.07) is 34.0. The Bertz CT molecular complexity index is 1200. The molecule has 0 spiro atoms. The molecular formula is C24H16OSe. The van der Waals surface area contributed by atoms with Gasteiger partial charge in [-0.3, -0.25) is 0 Å². The van der Waals surface area contributed by atoms with E-state index in [1.54, 1.807) is 0 Å². The second-order valence-corrected chi connectivity index (χ2v) is 8.41. The van der Waals surface area contributed by atoms with Crippen molar-refractivity contribution in [1.29, 1.82) is 0 Å². The number of fused-ring (bicyclic) bond motifs is 2. The molecule has 1 heterocycles. The third-order valence-electron chi connectivity index (χ3n) is 4.55. The van der Waals surface area contributed by atoms with E-state index in [2.05, 4.69) is 84.9 Å². The summed E-state index contributed by atoms with van der Waals surface area (Å²) >= 11 is 0.151. The Labute approximate surface area is 158 Å². The van der Waals surface area contributed by atoms with Crippen molar-refractivity contribution >= 4 is 45.6 Å². The van der Waals surface area contributed by atoms with E-state index < -0.39 is 0 Å². The summed E-state index contributed by atoms with van der Waals surface area (Å²) in [5, 5.41) is 3.85. The number of hydrogen-bond acceptors (Lipinski definition) is 1. The van der Waals surface area contributed by atoms with Crippen LogP contribution >= 0.6 is 0 Å². The maximum absolute atomic E-state index is 6.29. The Morgan fingerprint density at radius 1 is 0.577 bits per heavy atom. The summed E-state index contributed by atoms with van der Waals surface area (Å²) < 4.78 is 8.99. The van der Waals surface area contributed by atoms with Crippen LogP contribution in [0.5, 0.6) is 0 Å². The van der Waals surface area contributed by atoms with E-state index >= 15 is 0 Å². The van der Waals surface area contributed by atoms with Crippen molar-refractivity contribution in [3.63, 3.8) is 0 Å². The van der Waals surface area contributed by atoms with Crippen LogP contribution in [-0.2, 0) is 0 Å². The van der Waals surface area contributed by atoms with Gasteiger partial charge in [0.15, 0.2) is 0 Å². The van der Waals surface area contributed by atoms with Gasteiger partial charge in [0, 0.05) is 0 Å². The zero-order chi connectivity index (χ0) is 17.3. The molecule has 2 heteroatoms. The van der Waals surface area contributed by atoms with Crippen LogP contribution in [0.3, 0.4) is 0 Å². The number of hydrogen-bond donors (Lipinski definition) is 0. The van der Waals surface area contributed by atoms with Crippen molar-refractivity contribution < 1.29 is 4.42 Å². The third-order valence-corrected chi connectivity index (χ3v) is 7.03. The van der Waals surface area contributed by atoms with E-state index in [1.807, 2.05) is 12.1 Å². The number of para-hydroxylation sites is 1. The zero-order valence-electron chi connectivity index (χ0n) is 14.1. The third kappa shape index (κ3) is 2.64. The van der Waals surface area contributed by atoms with Crippen molar-refractivity contribution in [3.8, 4) is 11.3 Å². The molecule has 0 atom stereocenters. The van der Waals surface area contributed by atoms with Gasteiger partial charge in [0.05, 0.1) is 0 Å². The van der Waals surface area contributed by atoms with Crippen molar-refractivity contribution in [2.45, 2.75) is 0 Å². The van der Waals surface area contributed by atoms with Gasteiger partial charge >= 0.3 is 158 Å². The molecule has 0 amide bonds. The molecule has 0 fully saturated rings. The van der Waals surface area contributed by atoms with Gasteiger partial charge in [-0.2, -0.15) is 0 Å². The van der Waals surface area contributed by atoms with Crippen LogP contribution in [0.4, 0.5) is 0 Å². The van der Waals surface area contributed by atoms with Gasteiger partial charge in [-0.05, 0) is 0 Å². The summed E-state index contributed by atoms with van der Waals surface area (Å²) in [6.07, 6.45) is 0. The number of furan rings is 1. The normalized spacial score (nSPS) is 11.2. The summed E-state index contributed by atoms with van der Waals surface area (Å²) in [7, 11) is 0. The fraction of sp³-hybridized carbons (Fsp3) is 0. The van der Waals surface area contributed by atoms with Gasteiger partial charge in [-0.15, -0.1) is 0 Å². The van der Waals surface area contributed by atoms with E-state index in [4.69, 9.17) is 4.42 Å². The van der Waals surface area contributed by atoms with Crippen molar-refractivity contribution in [2.24, 2.45) is 0 Å². The first-order chi connectivity index (χ1) is 12.9. The molecular weight excluding hydrogens is 383 g/mol. The standard InChI is InChI=1S/C24H16OSe/c1-2-10-18(11-3-1)23-24(20-14-6-7-15-21(20)25-23)26-22-16-8-12-17-9-4-5-13-19(17)22/h1-16H. The first kappa shape index (κ1) is 15.5. The summed E-state index contributed by atoms with van der Waals surface area (Å²) in [5.41, 5.74) is 2.10. The summed E-state index contributed by atoms with van der Waals surface area (Å²) in [6.45, 7) is 0. The molecule has 5 rings (SSSR count). The first-order valence-electron chi connectivity index (χ1n) is 8.63. The van der Waals surface area contributed by atoms with E-state index in [-0.39, 0.29) is 15.0 Å². The molecule has 0 radical (unpaired) electrons. The average molecular weight is 399 g/mol. The number of rotatable bonds is 3. The van der Waals surface area contributed by atoms with Gasteiger partial charge < -0.3 is 0 Å². The molecule has 0 aliphatic rings. The van der Waals surface area contributed by atoms with Gasteiger partial charge in [-0.25, -0.2) is 0 Å². The second-order valence-electron chi connectivity index (χ2n) is 6.20. The molecule has 4 aromatic carbocycles. The monoisotopic (exact) mass is 400 g/mol. The van der Waals surface area contributed by atoms with Crippen LogP contribution in [0.2, 0.25) is 0 Å². The Morgan fingerprint density at radius 2 is 1.27 bits per heavy atom. The Kier molecular flexibility index (Phi) is 3.86. The minimum absolute atomic E-state index is 0.151. The van der Waals surface area contributed by atoms with Gasteiger partial charge in [0.25, 0.3) is 0 Å². The van der Waals surface area contributed by atoms with E-state index in [9.17, 15) is 0 Å². The SMILES string of the molecule is c1ccc(-c2oc3ccccc3c2[Se]c2cccc3ccccc23)cc1. The summed E-state index contributed by atoms with van der Waals surface area (Å²) in [4.78, 5) is 0. The van der Waals surface area contributed by atoms with Crippen molar-refractivity contribution in [1.82, 2.24) is 0 Å². The predicted octanol–water partition coefficient (Wildman–Crippen LogP) is 4.91. The van der Waals surface area contributed by atoms with E-state index in [1.165, 1.54) is 25.1 Å². The molecule has 124 valence electrons. The van der Waals surface area contributed by atoms with Gasteiger partial charge in [0.2, 0.25) is 0 Å². The van der Waals surface area contributed by atoms with Crippen LogP contribution in [-0.4, -0.2) is 15.0 Å². The first-order valence-corrected chi connectivity index (χ1v) is 10.3. The molecule has 26 heavy (non-hydrogen) atoms. The fourth-order valence-electron chi connectivity index (χ4n) is 3.30.